The number of likely N-dealkylation sites (tertiary alicyclic amines) is 1. The number of carbonyl (C=O) groups is 2. The SMILES string of the molecule is CSC(C)(C)[C@H](N)C(=O)NCc1ccccc1CN1CCCC1=O. The molecule has 1 fully saturated rings. The molecule has 0 unspecified atom stereocenters. The van der Waals surface area contributed by atoms with Crippen LogP contribution in [0.5, 0.6) is 0 Å². The molecule has 0 saturated carbocycles. The summed E-state index contributed by atoms with van der Waals surface area (Å²) in [6.07, 6.45) is 3.52. The van der Waals surface area contributed by atoms with E-state index in [1.54, 1.807) is 11.8 Å². The first kappa shape index (κ1) is 18.8. The first-order valence-corrected chi connectivity index (χ1v) is 9.50. The summed E-state index contributed by atoms with van der Waals surface area (Å²) in [5, 5.41) is 2.93. The topological polar surface area (TPSA) is 75.4 Å². The average Bonchev–Trinajstić information content (AvgIpc) is 2.98. The van der Waals surface area contributed by atoms with Crippen LogP contribution in [-0.2, 0) is 22.7 Å². The second kappa shape index (κ2) is 8.03. The number of carbonyl (C=O) groups excluding carboxylic acids is 2. The number of hydrogen-bond donors (Lipinski definition) is 2. The maximum absolute atomic E-state index is 12.3. The second-order valence-electron chi connectivity index (χ2n) is 6.69. The Bertz CT molecular complexity index is 604. The molecule has 1 atom stereocenters. The van der Waals surface area contributed by atoms with E-state index in [4.69, 9.17) is 5.73 Å². The van der Waals surface area contributed by atoms with Gasteiger partial charge in [0.25, 0.3) is 0 Å². The van der Waals surface area contributed by atoms with Crippen molar-refractivity contribution in [2.45, 2.75) is 50.6 Å². The number of nitrogens with two attached hydrogens (primary N) is 1. The van der Waals surface area contributed by atoms with Gasteiger partial charge < -0.3 is 16.0 Å². The molecule has 0 aromatic heterocycles. The number of rotatable bonds is 7. The standard InChI is InChI=1S/C18H27N3O2S/c1-18(2,24-3)16(19)17(23)20-11-13-7-4-5-8-14(13)12-21-10-6-9-15(21)22/h4-5,7-8,16H,6,9-12,19H2,1-3H3,(H,20,23)/t16-/m1/s1. The van der Waals surface area contributed by atoms with E-state index in [0.717, 1.165) is 24.1 Å². The van der Waals surface area contributed by atoms with Crippen molar-refractivity contribution in [3.05, 3.63) is 35.4 Å². The van der Waals surface area contributed by atoms with Crippen LogP contribution in [0.2, 0.25) is 0 Å². The Kier molecular flexibility index (Phi) is 6.29. The molecule has 2 amide bonds. The van der Waals surface area contributed by atoms with Crippen molar-refractivity contribution in [3.63, 3.8) is 0 Å². The lowest BCUT2D eigenvalue weighted by Gasteiger charge is -2.28. The fourth-order valence-electron chi connectivity index (χ4n) is 2.70. The number of benzene rings is 1. The zero-order valence-electron chi connectivity index (χ0n) is 14.7. The van der Waals surface area contributed by atoms with Gasteiger partial charge in [0.15, 0.2) is 0 Å². The number of nitrogens with one attached hydrogen (secondary N) is 1. The number of thioether (sulfide) groups is 1. The first-order chi connectivity index (χ1) is 11.3. The van der Waals surface area contributed by atoms with Gasteiger partial charge in [-0.05, 0) is 37.7 Å². The van der Waals surface area contributed by atoms with Crippen molar-refractivity contribution in [3.8, 4) is 0 Å². The Labute approximate surface area is 148 Å². The van der Waals surface area contributed by atoms with Gasteiger partial charge in [-0.25, -0.2) is 0 Å². The Hall–Kier alpha value is -1.53. The molecule has 1 heterocycles. The predicted octanol–water partition coefficient (Wildman–Crippen LogP) is 1.89. The van der Waals surface area contributed by atoms with E-state index >= 15 is 0 Å². The lowest BCUT2D eigenvalue weighted by molar-refractivity contribution is -0.128. The quantitative estimate of drug-likeness (QED) is 0.788. The molecule has 3 N–H and O–H groups in total. The summed E-state index contributed by atoms with van der Waals surface area (Å²) in [4.78, 5) is 26.0. The molecule has 5 nitrogen and oxygen atoms in total. The molecule has 2 rings (SSSR count). The van der Waals surface area contributed by atoms with Gasteiger partial charge in [-0.3, -0.25) is 9.59 Å². The molecule has 0 bridgehead atoms. The van der Waals surface area contributed by atoms with Crippen molar-refractivity contribution in [1.82, 2.24) is 10.2 Å². The molecule has 0 aliphatic carbocycles. The van der Waals surface area contributed by atoms with Gasteiger partial charge in [0.05, 0.1) is 6.04 Å². The van der Waals surface area contributed by atoms with E-state index in [1.807, 2.05) is 49.3 Å². The molecule has 0 radical (unpaired) electrons. The minimum atomic E-state index is -0.570. The number of nitrogens with zero attached hydrogens (tertiary/aromatic N) is 1. The summed E-state index contributed by atoms with van der Waals surface area (Å²) in [5.41, 5.74) is 8.17. The van der Waals surface area contributed by atoms with Gasteiger partial charge in [-0.1, -0.05) is 24.3 Å². The highest BCUT2D eigenvalue weighted by molar-refractivity contribution is 8.00. The van der Waals surface area contributed by atoms with E-state index < -0.39 is 6.04 Å². The van der Waals surface area contributed by atoms with Crippen molar-refractivity contribution in [2.75, 3.05) is 12.8 Å². The minimum absolute atomic E-state index is 0.151. The van der Waals surface area contributed by atoms with E-state index in [2.05, 4.69) is 5.32 Å². The Morgan fingerprint density at radius 2 is 2.04 bits per heavy atom. The highest BCUT2D eigenvalue weighted by Gasteiger charge is 2.31. The normalized spacial score (nSPS) is 16.3. The number of amides is 2. The van der Waals surface area contributed by atoms with Crippen molar-refractivity contribution in [1.29, 1.82) is 0 Å². The van der Waals surface area contributed by atoms with Crippen LogP contribution in [0.25, 0.3) is 0 Å². The number of hydrogen-bond acceptors (Lipinski definition) is 4. The lowest BCUT2D eigenvalue weighted by Crippen LogP contribution is -2.51. The van der Waals surface area contributed by atoms with E-state index in [1.165, 1.54) is 0 Å². The third-order valence-corrected chi connectivity index (χ3v) is 5.97. The Morgan fingerprint density at radius 1 is 1.38 bits per heavy atom. The van der Waals surface area contributed by atoms with Crippen molar-refractivity contribution < 1.29 is 9.59 Å². The highest BCUT2D eigenvalue weighted by atomic mass is 32.2. The van der Waals surface area contributed by atoms with E-state index in [9.17, 15) is 9.59 Å². The van der Waals surface area contributed by atoms with Crippen LogP contribution in [0.4, 0.5) is 0 Å². The fraction of sp³-hybridized carbons (Fsp3) is 0.556. The molecule has 1 saturated heterocycles. The van der Waals surface area contributed by atoms with Gasteiger partial charge in [0.2, 0.25) is 11.8 Å². The maximum Gasteiger partial charge on any atom is 0.238 e. The van der Waals surface area contributed by atoms with Crippen LogP contribution < -0.4 is 11.1 Å². The largest absolute Gasteiger partial charge is 0.351 e. The third kappa shape index (κ3) is 4.51. The molecular formula is C18H27N3O2S. The first-order valence-electron chi connectivity index (χ1n) is 8.28. The van der Waals surface area contributed by atoms with Crippen LogP contribution in [0.1, 0.15) is 37.8 Å². The smallest absolute Gasteiger partial charge is 0.238 e. The van der Waals surface area contributed by atoms with Crippen LogP contribution in [-0.4, -0.2) is 40.3 Å². The summed E-state index contributed by atoms with van der Waals surface area (Å²) in [5.74, 6) is 0.0546. The van der Waals surface area contributed by atoms with Crippen LogP contribution in [0.3, 0.4) is 0 Å². The summed E-state index contributed by atoms with van der Waals surface area (Å²) >= 11 is 1.58. The summed E-state index contributed by atoms with van der Waals surface area (Å²) in [6, 6.07) is 7.34. The zero-order chi connectivity index (χ0) is 17.7. The third-order valence-electron chi connectivity index (χ3n) is 4.66. The minimum Gasteiger partial charge on any atom is -0.351 e. The van der Waals surface area contributed by atoms with Gasteiger partial charge in [0.1, 0.15) is 0 Å². The lowest BCUT2D eigenvalue weighted by atomic mass is 10.0. The molecular weight excluding hydrogens is 322 g/mol. The van der Waals surface area contributed by atoms with Gasteiger partial charge in [0, 0.05) is 30.8 Å². The second-order valence-corrected chi connectivity index (χ2v) is 8.15. The van der Waals surface area contributed by atoms with E-state index in [0.29, 0.717) is 19.5 Å². The Morgan fingerprint density at radius 3 is 2.62 bits per heavy atom. The molecule has 1 aromatic carbocycles. The van der Waals surface area contributed by atoms with E-state index in [-0.39, 0.29) is 16.6 Å². The van der Waals surface area contributed by atoms with Crippen molar-refractivity contribution in [2.24, 2.45) is 5.73 Å². The predicted molar refractivity (Wildman–Crippen MR) is 98.5 cm³/mol. The molecule has 132 valence electrons. The fourth-order valence-corrected chi connectivity index (χ4v) is 3.06. The monoisotopic (exact) mass is 349 g/mol. The average molecular weight is 350 g/mol. The van der Waals surface area contributed by atoms with Crippen LogP contribution >= 0.6 is 11.8 Å². The molecule has 24 heavy (non-hydrogen) atoms. The molecule has 0 spiro atoms. The summed E-state index contributed by atoms with van der Waals surface area (Å²) in [6.45, 7) is 5.78. The van der Waals surface area contributed by atoms with Gasteiger partial charge >= 0.3 is 0 Å². The highest BCUT2D eigenvalue weighted by Crippen LogP contribution is 2.24. The van der Waals surface area contributed by atoms with Gasteiger partial charge in [-0.15, -0.1) is 0 Å². The molecule has 1 aliphatic rings. The summed E-state index contributed by atoms with van der Waals surface area (Å²) in [7, 11) is 0. The maximum atomic E-state index is 12.3. The van der Waals surface area contributed by atoms with Crippen LogP contribution in [0, 0.1) is 0 Å². The van der Waals surface area contributed by atoms with Crippen LogP contribution in [0.15, 0.2) is 24.3 Å². The summed E-state index contributed by atoms with van der Waals surface area (Å²) < 4.78 is -0.314. The molecule has 1 aromatic rings. The zero-order valence-corrected chi connectivity index (χ0v) is 15.5. The van der Waals surface area contributed by atoms with Gasteiger partial charge in [-0.2, -0.15) is 11.8 Å². The van der Waals surface area contributed by atoms with Crippen molar-refractivity contribution >= 4 is 23.6 Å². The molecule has 1 aliphatic heterocycles. The Balaban J connectivity index is 2.00. The molecule has 6 heteroatoms.